The monoisotopic (exact) mass is 199 g/mol. The molecule has 0 aliphatic carbocycles. The zero-order valence-electron chi connectivity index (χ0n) is 8.92. The van der Waals surface area contributed by atoms with Crippen molar-refractivity contribution in [3.63, 3.8) is 0 Å². The molecular weight excluding hydrogens is 182 g/mol. The smallest absolute Gasteiger partial charge is 0.308 e. The van der Waals surface area contributed by atoms with E-state index in [9.17, 15) is 9.59 Å². The molecule has 0 spiro atoms. The first kappa shape index (κ1) is 12.7. The summed E-state index contributed by atoms with van der Waals surface area (Å²) in [6.45, 7) is 9.14. The molecule has 14 heavy (non-hydrogen) atoms. The van der Waals surface area contributed by atoms with Crippen molar-refractivity contribution in [2.75, 3.05) is 13.2 Å². The van der Waals surface area contributed by atoms with Gasteiger partial charge in [-0.05, 0) is 6.92 Å². The first-order chi connectivity index (χ1) is 6.45. The van der Waals surface area contributed by atoms with Crippen molar-refractivity contribution in [1.82, 2.24) is 5.32 Å². The molecule has 80 valence electrons. The van der Waals surface area contributed by atoms with Crippen LogP contribution in [0.2, 0.25) is 0 Å². The van der Waals surface area contributed by atoms with Crippen LogP contribution >= 0.6 is 0 Å². The van der Waals surface area contributed by atoms with Crippen molar-refractivity contribution in [1.29, 1.82) is 0 Å². The van der Waals surface area contributed by atoms with Gasteiger partial charge in [-0.1, -0.05) is 20.4 Å². The largest absolute Gasteiger partial charge is 0.464 e. The third-order valence-electron chi connectivity index (χ3n) is 1.49. The fourth-order valence-corrected chi connectivity index (χ4v) is 0.634. The second-order valence-corrected chi connectivity index (χ2v) is 3.36. The second kappa shape index (κ2) is 6.18. The normalized spacial score (nSPS) is 9.71. The van der Waals surface area contributed by atoms with Crippen molar-refractivity contribution in [3.05, 3.63) is 12.2 Å². The molecule has 0 aliphatic heterocycles. The van der Waals surface area contributed by atoms with E-state index in [1.807, 2.05) is 0 Å². The number of nitrogens with one attached hydrogen (secondary N) is 1. The van der Waals surface area contributed by atoms with Crippen LogP contribution in [0.4, 0.5) is 0 Å². The Bertz CT molecular complexity index is 234. The Hall–Kier alpha value is -1.32. The lowest BCUT2D eigenvalue weighted by Gasteiger charge is -2.07. The quantitative estimate of drug-likeness (QED) is 0.406. The fraction of sp³-hybridized carbons (Fsp3) is 0.600. The summed E-state index contributed by atoms with van der Waals surface area (Å²) in [6.07, 6.45) is 0. The summed E-state index contributed by atoms with van der Waals surface area (Å²) in [4.78, 5) is 21.9. The third-order valence-corrected chi connectivity index (χ3v) is 1.49. The van der Waals surface area contributed by atoms with Gasteiger partial charge in [0.05, 0.1) is 12.5 Å². The maximum atomic E-state index is 11.0. The van der Waals surface area contributed by atoms with E-state index >= 15 is 0 Å². The zero-order chi connectivity index (χ0) is 11.1. The summed E-state index contributed by atoms with van der Waals surface area (Å²) in [7, 11) is 0. The molecular formula is C10H17NO3. The molecule has 1 amide bonds. The number of amides is 1. The number of ether oxygens (including phenoxy) is 1. The van der Waals surface area contributed by atoms with Gasteiger partial charge < -0.3 is 10.1 Å². The molecule has 0 bridgehead atoms. The number of rotatable bonds is 5. The molecule has 1 N–H and O–H groups in total. The van der Waals surface area contributed by atoms with Gasteiger partial charge in [0.1, 0.15) is 6.61 Å². The van der Waals surface area contributed by atoms with Gasteiger partial charge in [-0.15, -0.1) is 0 Å². The van der Waals surface area contributed by atoms with Crippen LogP contribution in [0.15, 0.2) is 12.2 Å². The highest BCUT2D eigenvalue weighted by atomic mass is 16.5. The molecule has 0 fully saturated rings. The highest BCUT2D eigenvalue weighted by Gasteiger charge is 2.07. The molecule has 0 aromatic heterocycles. The van der Waals surface area contributed by atoms with E-state index < -0.39 is 0 Å². The Labute approximate surface area is 84.3 Å². The van der Waals surface area contributed by atoms with Gasteiger partial charge in [-0.2, -0.15) is 0 Å². The maximum Gasteiger partial charge on any atom is 0.308 e. The minimum atomic E-state index is -0.255. The maximum absolute atomic E-state index is 11.0. The van der Waals surface area contributed by atoms with Gasteiger partial charge in [0, 0.05) is 5.57 Å². The van der Waals surface area contributed by atoms with Crippen LogP contribution in [0.5, 0.6) is 0 Å². The van der Waals surface area contributed by atoms with Gasteiger partial charge in [0.15, 0.2) is 0 Å². The van der Waals surface area contributed by atoms with E-state index in [1.54, 1.807) is 20.8 Å². The molecule has 0 heterocycles. The Balaban J connectivity index is 3.52. The molecule has 4 nitrogen and oxygen atoms in total. The minimum Gasteiger partial charge on any atom is -0.464 e. The molecule has 0 aromatic carbocycles. The predicted octanol–water partition coefficient (Wildman–Crippen LogP) is 0.878. The highest BCUT2D eigenvalue weighted by Crippen LogP contribution is 1.94. The lowest BCUT2D eigenvalue weighted by Crippen LogP contribution is -2.28. The molecule has 0 aliphatic rings. The van der Waals surface area contributed by atoms with Crippen molar-refractivity contribution in [2.24, 2.45) is 5.92 Å². The first-order valence-electron chi connectivity index (χ1n) is 4.55. The van der Waals surface area contributed by atoms with E-state index in [0.717, 1.165) is 0 Å². The van der Waals surface area contributed by atoms with E-state index in [-0.39, 0.29) is 24.4 Å². The third kappa shape index (κ3) is 5.35. The first-order valence-corrected chi connectivity index (χ1v) is 4.55. The zero-order valence-corrected chi connectivity index (χ0v) is 8.92. The summed E-state index contributed by atoms with van der Waals surface area (Å²) in [5.74, 6) is -0.605. The summed E-state index contributed by atoms with van der Waals surface area (Å²) >= 11 is 0. The average Bonchev–Trinajstić information content (AvgIpc) is 2.11. The lowest BCUT2D eigenvalue weighted by atomic mass is 10.2. The van der Waals surface area contributed by atoms with Crippen LogP contribution in [-0.4, -0.2) is 25.0 Å². The topological polar surface area (TPSA) is 55.4 Å². The molecule has 0 atom stereocenters. The summed E-state index contributed by atoms with van der Waals surface area (Å²) in [6, 6.07) is 0. The van der Waals surface area contributed by atoms with Crippen molar-refractivity contribution >= 4 is 11.9 Å². The van der Waals surface area contributed by atoms with Crippen LogP contribution in [0, 0.1) is 5.92 Å². The predicted molar refractivity (Wildman–Crippen MR) is 53.6 cm³/mol. The molecule has 0 radical (unpaired) electrons. The van der Waals surface area contributed by atoms with Crippen molar-refractivity contribution < 1.29 is 14.3 Å². The summed E-state index contributed by atoms with van der Waals surface area (Å²) in [5, 5.41) is 2.56. The van der Waals surface area contributed by atoms with E-state index in [4.69, 9.17) is 4.74 Å². The number of hydrogen-bond donors (Lipinski definition) is 1. The van der Waals surface area contributed by atoms with Gasteiger partial charge >= 0.3 is 5.97 Å². The van der Waals surface area contributed by atoms with Crippen LogP contribution < -0.4 is 5.32 Å². The summed E-state index contributed by atoms with van der Waals surface area (Å²) in [5.41, 5.74) is 0.445. The van der Waals surface area contributed by atoms with Gasteiger partial charge in [0.25, 0.3) is 0 Å². The SMILES string of the molecule is C=C(C)C(=O)NCCOC(=O)C(C)C. The number of esters is 1. The molecule has 4 heteroatoms. The fourth-order valence-electron chi connectivity index (χ4n) is 0.634. The van der Waals surface area contributed by atoms with Crippen molar-refractivity contribution in [2.45, 2.75) is 20.8 Å². The van der Waals surface area contributed by atoms with Crippen LogP contribution in [0.25, 0.3) is 0 Å². The number of carbonyl (C=O) groups excluding carboxylic acids is 2. The van der Waals surface area contributed by atoms with E-state index in [2.05, 4.69) is 11.9 Å². The Morgan fingerprint density at radius 1 is 1.43 bits per heavy atom. The highest BCUT2D eigenvalue weighted by molar-refractivity contribution is 5.92. The van der Waals surface area contributed by atoms with Crippen LogP contribution in [0.3, 0.4) is 0 Å². The molecule has 0 rings (SSSR count). The second-order valence-electron chi connectivity index (χ2n) is 3.36. The van der Waals surface area contributed by atoms with E-state index in [1.165, 1.54) is 0 Å². The van der Waals surface area contributed by atoms with Gasteiger partial charge in [0.2, 0.25) is 5.91 Å². The van der Waals surface area contributed by atoms with Crippen LogP contribution in [0.1, 0.15) is 20.8 Å². The lowest BCUT2D eigenvalue weighted by molar-refractivity contribution is -0.147. The standard InChI is InChI=1S/C10H17NO3/c1-7(2)9(12)11-5-6-14-10(13)8(3)4/h8H,1,5-6H2,2-4H3,(H,11,12). The van der Waals surface area contributed by atoms with Gasteiger partial charge in [-0.25, -0.2) is 0 Å². The number of hydrogen-bond acceptors (Lipinski definition) is 3. The molecule has 0 saturated heterocycles. The summed E-state index contributed by atoms with van der Waals surface area (Å²) < 4.78 is 4.85. The van der Waals surface area contributed by atoms with Gasteiger partial charge in [-0.3, -0.25) is 9.59 Å². The average molecular weight is 199 g/mol. The Morgan fingerprint density at radius 2 is 2.00 bits per heavy atom. The minimum absolute atomic E-state index is 0.133. The molecule has 0 saturated carbocycles. The Kier molecular flexibility index (Phi) is 5.60. The Morgan fingerprint density at radius 3 is 2.43 bits per heavy atom. The van der Waals surface area contributed by atoms with Crippen molar-refractivity contribution in [3.8, 4) is 0 Å². The van der Waals surface area contributed by atoms with Crippen LogP contribution in [-0.2, 0) is 14.3 Å². The van der Waals surface area contributed by atoms with E-state index in [0.29, 0.717) is 12.1 Å². The number of carbonyl (C=O) groups is 2. The molecule has 0 unspecified atom stereocenters. The molecule has 0 aromatic rings.